The first-order valence-electron chi connectivity index (χ1n) is 19.6. The van der Waals surface area contributed by atoms with Crippen molar-refractivity contribution in [1.29, 1.82) is 0 Å². The lowest BCUT2D eigenvalue weighted by atomic mass is 9.89. The third-order valence-electron chi connectivity index (χ3n) is 11.1. The third-order valence-corrected chi connectivity index (χ3v) is 11.1. The maximum Gasteiger partial charge on any atom is 0.326 e. The molecule has 0 bridgehead atoms. The van der Waals surface area contributed by atoms with Crippen molar-refractivity contribution in [2.45, 2.75) is 103 Å². The van der Waals surface area contributed by atoms with Gasteiger partial charge in [0.2, 0.25) is 17.7 Å². The highest BCUT2D eigenvalue weighted by molar-refractivity contribution is 5.88. The first kappa shape index (κ1) is 44.6. The molecule has 2 saturated heterocycles. The van der Waals surface area contributed by atoms with Gasteiger partial charge < -0.3 is 44.8 Å². The molecule has 3 N–H and O–H groups in total. The molecule has 8 atom stereocenters. The van der Waals surface area contributed by atoms with Gasteiger partial charge in [0.25, 0.3) is 0 Å². The summed E-state index contributed by atoms with van der Waals surface area (Å²) in [5.41, 5.74) is 0.797. The molecule has 0 unspecified atom stereocenters. The molecule has 0 spiro atoms. The maximum atomic E-state index is 14.4. The summed E-state index contributed by atoms with van der Waals surface area (Å²) in [5.74, 6) is -1.86. The zero-order chi connectivity index (χ0) is 40.1. The topological polar surface area (TPSA) is 156 Å². The number of nitrogens with one attached hydrogen (secondary N) is 2. The van der Waals surface area contributed by atoms with Crippen molar-refractivity contribution in [3.05, 3.63) is 35.9 Å². The maximum absolute atomic E-state index is 14.4. The Morgan fingerprint density at radius 2 is 1.65 bits per heavy atom. The third kappa shape index (κ3) is 11.6. The van der Waals surface area contributed by atoms with Crippen LogP contribution in [0.2, 0.25) is 0 Å². The number of carbonyl (C=O) groups is 4. The Balaban J connectivity index is 1.80. The van der Waals surface area contributed by atoms with E-state index in [1.54, 1.807) is 30.9 Å². The van der Waals surface area contributed by atoms with Crippen LogP contribution in [0.4, 0.5) is 0 Å². The van der Waals surface area contributed by atoms with Crippen molar-refractivity contribution >= 4 is 29.7 Å². The SMILES string of the molecule is CC[C@H](C)[C@@H]([C@@H](CC(=O)N1CCC[C@H]1[C@H](OC)[C@@H](C)C(=O)N[C@@H](Cc1ccccc1)C(=O)O)OC)N(C)C(=O)[C@@H](/N=C(/N(C)C)N1CCNCC1)C(C)C. The number of guanidine groups is 1. The van der Waals surface area contributed by atoms with E-state index >= 15 is 0 Å². The molecule has 54 heavy (non-hydrogen) atoms. The molecule has 2 aliphatic heterocycles. The smallest absolute Gasteiger partial charge is 0.326 e. The second-order valence-electron chi connectivity index (χ2n) is 15.4. The number of hydrogen-bond acceptors (Lipinski definition) is 8. The van der Waals surface area contributed by atoms with Crippen LogP contribution >= 0.6 is 0 Å². The van der Waals surface area contributed by atoms with Crippen molar-refractivity contribution in [2.24, 2.45) is 22.7 Å². The van der Waals surface area contributed by atoms with Crippen molar-refractivity contribution in [3.8, 4) is 0 Å². The fourth-order valence-electron chi connectivity index (χ4n) is 7.83. The average Bonchev–Trinajstić information content (AvgIpc) is 3.64. The van der Waals surface area contributed by atoms with Gasteiger partial charge >= 0.3 is 5.97 Å². The highest BCUT2D eigenvalue weighted by Crippen LogP contribution is 2.30. The fourth-order valence-corrected chi connectivity index (χ4v) is 7.83. The lowest BCUT2D eigenvalue weighted by Gasteiger charge is -2.40. The van der Waals surface area contributed by atoms with Gasteiger partial charge in [0.05, 0.1) is 36.6 Å². The standard InChI is InChI=1S/C40H67N7O7/c1-11-27(4)35(45(8)38(50)34(26(2)3)43-40(44(6)7)46-22-19-41-20-23-46)32(53-9)25-33(48)47-21-15-18-31(47)36(54-10)28(5)37(49)42-30(39(51)52)24-29-16-13-12-14-17-29/h12-14,16-17,26-28,30-32,34-36,41H,11,15,18-25H2,1-10H3,(H,42,49)(H,51,52)/b43-40-/t27-,28+,30-,31-,32+,34-,35-,36+/m0/s1. The number of carbonyl (C=O) groups excluding carboxylic acids is 3. The molecule has 3 amide bonds. The van der Waals surface area contributed by atoms with Crippen LogP contribution in [0.3, 0.4) is 0 Å². The molecule has 1 aromatic carbocycles. The van der Waals surface area contributed by atoms with Crippen molar-refractivity contribution in [3.63, 3.8) is 0 Å². The number of piperazine rings is 1. The number of aliphatic imine (C=N–C) groups is 1. The van der Waals surface area contributed by atoms with Crippen LogP contribution in [0.15, 0.2) is 35.3 Å². The molecule has 0 saturated carbocycles. The molecule has 14 heteroatoms. The lowest BCUT2D eigenvalue weighted by Crippen LogP contribution is -2.56. The summed E-state index contributed by atoms with van der Waals surface area (Å²) < 4.78 is 12.0. The van der Waals surface area contributed by atoms with E-state index in [-0.39, 0.29) is 36.5 Å². The summed E-state index contributed by atoms with van der Waals surface area (Å²) in [6.07, 6.45) is 1.05. The minimum absolute atomic E-state index is 0.0119. The van der Waals surface area contributed by atoms with Gasteiger partial charge in [-0.1, -0.05) is 71.4 Å². The highest BCUT2D eigenvalue weighted by atomic mass is 16.5. The van der Waals surface area contributed by atoms with Crippen LogP contribution in [-0.4, -0.2) is 159 Å². The zero-order valence-electron chi connectivity index (χ0n) is 34.3. The summed E-state index contributed by atoms with van der Waals surface area (Å²) >= 11 is 0. The number of methoxy groups -OCH3 is 2. The predicted molar refractivity (Wildman–Crippen MR) is 210 cm³/mol. The van der Waals surface area contributed by atoms with E-state index in [2.05, 4.69) is 29.4 Å². The predicted octanol–water partition coefficient (Wildman–Crippen LogP) is 2.57. The van der Waals surface area contributed by atoms with E-state index in [1.807, 2.05) is 63.2 Å². The Hall–Kier alpha value is -3.75. The number of ether oxygens (including phenoxy) is 2. The van der Waals surface area contributed by atoms with Crippen molar-refractivity contribution in [1.82, 2.24) is 30.2 Å². The van der Waals surface area contributed by atoms with E-state index in [1.165, 1.54) is 7.11 Å². The number of carboxylic acid groups (broad SMARTS) is 1. The summed E-state index contributed by atoms with van der Waals surface area (Å²) in [6, 6.07) is 6.61. The Kier molecular flexibility index (Phi) is 17.7. The molecule has 14 nitrogen and oxygen atoms in total. The lowest BCUT2D eigenvalue weighted by molar-refractivity contribution is -0.147. The Labute approximate surface area is 323 Å². The molecule has 2 heterocycles. The van der Waals surface area contributed by atoms with E-state index < -0.39 is 54.2 Å². The largest absolute Gasteiger partial charge is 0.480 e. The van der Waals surface area contributed by atoms with Gasteiger partial charge in [-0.15, -0.1) is 0 Å². The summed E-state index contributed by atoms with van der Waals surface area (Å²) in [4.78, 5) is 67.0. The molecular formula is C40H67N7O7. The molecule has 0 radical (unpaired) electrons. The number of hydrogen-bond donors (Lipinski definition) is 3. The first-order chi connectivity index (χ1) is 25.7. The first-order valence-corrected chi connectivity index (χ1v) is 19.6. The fraction of sp³-hybridized carbons (Fsp3) is 0.725. The van der Waals surface area contributed by atoms with E-state index in [0.29, 0.717) is 13.0 Å². The summed E-state index contributed by atoms with van der Waals surface area (Å²) in [7, 11) is 8.80. The minimum atomic E-state index is -1.12. The Morgan fingerprint density at radius 3 is 2.19 bits per heavy atom. The number of likely N-dealkylation sites (tertiary alicyclic amines) is 1. The van der Waals surface area contributed by atoms with Crippen LogP contribution in [-0.2, 0) is 35.1 Å². The highest BCUT2D eigenvalue weighted by Gasteiger charge is 2.43. The van der Waals surface area contributed by atoms with Crippen molar-refractivity contribution in [2.75, 3.05) is 68.1 Å². The number of nitrogens with zero attached hydrogens (tertiary/aromatic N) is 5. The van der Waals surface area contributed by atoms with E-state index in [0.717, 1.165) is 50.5 Å². The zero-order valence-corrected chi connectivity index (χ0v) is 34.3. The Bertz CT molecular complexity index is 1390. The quantitative estimate of drug-likeness (QED) is 0.150. The molecule has 0 aliphatic carbocycles. The second-order valence-corrected chi connectivity index (χ2v) is 15.4. The molecule has 2 fully saturated rings. The van der Waals surface area contributed by atoms with Crippen LogP contribution in [0.1, 0.15) is 65.9 Å². The minimum Gasteiger partial charge on any atom is -0.480 e. The summed E-state index contributed by atoms with van der Waals surface area (Å²) in [6.45, 7) is 13.7. The normalized spacial score (nSPS) is 20.4. The Morgan fingerprint density at radius 1 is 1.00 bits per heavy atom. The van der Waals surface area contributed by atoms with Crippen molar-refractivity contribution < 1.29 is 33.8 Å². The molecule has 1 aromatic rings. The van der Waals surface area contributed by atoms with Crippen LogP contribution in [0.25, 0.3) is 0 Å². The number of carboxylic acids is 1. The molecule has 0 aromatic heterocycles. The monoisotopic (exact) mass is 758 g/mol. The van der Waals surface area contributed by atoms with Gasteiger partial charge in [-0.2, -0.15) is 0 Å². The van der Waals surface area contributed by atoms with Gasteiger partial charge in [-0.05, 0) is 30.2 Å². The van der Waals surface area contributed by atoms with Crippen LogP contribution < -0.4 is 10.6 Å². The van der Waals surface area contributed by atoms with Gasteiger partial charge in [-0.25, -0.2) is 9.79 Å². The number of aliphatic carboxylic acids is 1. The molecule has 2 aliphatic rings. The van der Waals surface area contributed by atoms with Crippen LogP contribution in [0.5, 0.6) is 0 Å². The molecular weight excluding hydrogens is 690 g/mol. The molecule has 304 valence electrons. The van der Waals surface area contributed by atoms with Crippen LogP contribution in [0, 0.1) is 17.8 Å². The van der Waals surface area contributed by atoms with Gasteiger partial charge in [0.1, 0.15) is 12.1 Å². The number of amides is 3. The second kappa shape index (κ2) is 21.4. The number of likely N-dealkylation sites (N-methyl/N-ethyl adjacent to an activating group) is 1. The summed E-state index contributed by atoms with van der Waals surface area (Å²) in [5, 5.41) is 16.0. The van der Waals surface area contributed by atoms with Gasteiger partial charge in [0, 0.05) is 74.5 Å². The van der Waals surface area contributed by atoms with E-state index in [9.17, 15) is 24.3 Å². The van der Waals surface area contributed by atoms with Gasteiger partial charge in [0.15, 0.2) is 5.96 Å². The number of rotatable bonds is 18. The van der Waals surface area contributed by atoms with E-state index in [4.69, 9.17) is 14.5 Å². The number of benzene rings is 1. The van der Waals surface area contributed by atoms with Gasteiger partial charge in [-0.3, -0.25) is 14.4 Å². The molecule has 3 rings (SSSR count). The average molecular weight is 758 g/mol.